The van der Waals surface area contributed by atoms with Crippen LogP contribution >= 0.6 is 0 Å². The average Bonchev–Trinajstić information content (AvgIpc) is 2.35. The zero-order valence-electron chi connectivity index (χ0n) is 10.0. The highest BCUT2D eigenvalue weighted by Crippen LogP contribution is 2.19. The van der Waals surface area contributed by atoms with E-state index in [-0.39, 0.29) is 6.04 Å². The number of ether oxygens (including phenoxy) is 1. The van der Waals surface area contributed by atoms with Crippen LogP contribution in [0.3, 0.4) is 0 Å². The number of hydrogen-bond acceptors (Lipinski definition) is 3. The van der Waals surface area contributed by atoms with Crippen LogP contribution in [-0.4, -0.2) is 29.9 Å². The predicted octanol–water partition coefficient (Wildman–Crippen LogP) is 1.72. The maximum atomic E-state index is 11.5. The first-order chi connectivity index (χ1) is 7.71. The van der Waals surface area contributed by atoms with E-state index < -0.39 is 10.8 Å². The van der Waals surface area contributed by atoms with Crippen molar-refractivity contribution in [1.29, 1.82) is 0 Å². The van der Waals surface area contributed by atoms with Gasteiger partial charge in [-0.3, -0.25) is 4.21 Å². The molecule has 0 aliphatic rings. The van der Waals surface area contributed by atoms with Gasteiger partial charge in [-0.25, -0.2) is 0 Å². The Morgan fingerprint density at radius 1 is 1.50 bits per heavy atom. The fourth-order valence-corrected chi connectivity index (χ4v) is 2.47. The summed E-state index contributed by atoms with van der Waals surface area (Å²) in [4.78, 5) is 0. The summed E-state index contributed by atoms with van der Waals surface area (Å²) < 4.78 is 16.7. The van der Waals surface area contributed by atoms with Gasteiger partial charge in [0.15, 0.2) is 0 Å². The molecule has 0 saturated carbocycles. The minimum absolute atomic E-state index is 0.121. The van der Waals surface area contributed by atoms with E-state index in [4.69, 9.17) is 4.74 Å². The van der Waals surface area contributed by atoms with Crippen molar-refractivity contribution in [3.05, 3.63) is 29.8 Å². The highest BCUT2D eigenvalue weighted by atomic mass is 32.2. The standard InChI is InChI=1S/C12H19NO2S/c1-4-16(14)9-12(13-2)10-6-5-7-11(8-10)15-3/h5-8,12-13H,4,9H2,1-3H3. The van der Waals surface area contributed by atoms with Crippen molar-refractivity contribution in [2.45, 2.75) is 13.0 Å². The summed E-state index contributed by atoms with van der Waals surface area (Å²) in [6, 6.07) is 7.99. The SMILES string of the molecule is CCS(=O)CC(NC)c1cccc(OC)c1. The molecule has 0 aliphatic carbocycles. The van der Waals surface area contributed by atoms with Crippen LogP contribution in [0.25, 0.3) is 0 Å². The van der Waals surface area contributed by atoms with Gasteiger partial charge in [0.2, 0.25) is 0 Å². The number of benzene rings is 1. The van der Waals surface area contributed by atoms with Crippen LogP contribution in [0.1, 0.15) is 18.5 Å². The van der Waals surface area contributed by atoms with Crippen LogP contribution in [0.2, 0.25) is 0 Å². The zero-order valence-corrected chi connectivity index (χ0v) is 10.8. The molecular formula is C12H19NO2S. The Labute approximate surface area is 99.7 Å². The monoisotopic (exact) mass is 241 g/mol. The largest absolute Gasteiger partial charge is 0.497 e. The molecule has 0 spiro atoms. The Morgan fingerprint density at radius 2 is 2.25 bits per heavy atom. The molecule has 1 rings (SSSR count). The van der Waals surface area contributed by atoms with Crippen LogP contribution in [0, 0.1) is 0 Å². The molecule has 0 fully saturated rings. The molecule has 0 bridgehead atoms. The molecule has 1 aromatic rings. The summed E-state index contributed by atoms with van der Waals surface area (Å²) in [5, 5.41) is 3.19. The molecule has 0 radical (unpaired) electrons. The second-order valence-electron chi connectivity index (χ2n) is 3.51. The lowest BCUT2D eigenvalue weighted by molar-refractivity contribution is 0.413. The normalized spacial score (nSPS) is 14.4. The fraction of sp³-hybridized carbons (Fsp3) is 0.500. The van der Waals surface area contributed by atoms with Gasteiger partial charge in [0, 0.05) is 28.3 Å². The highest BCUT2D eigenvalue weighted by Gasteiger charge is 2.12. The van der Waals surface area contributed by atoms with Gasteiger partial charge in [-0.2, -0.15) is 0 Å². The molecule has 3 nitrogen and oxygen atoms in total. The molecule has 0 heterocycles. The van der Waals surface area contributed by atoms with Gasteiger partial charge >= 0.3 is 0 Å². The smallest absolute Gasteiger partial charge is 0.119 e. The van der Waals surface area contributed by atoms with E-state index >= 15 is 0 Å². The van der Waals surface area contributed by atoms with Crippen LogP contribution in [0.5, 0.6) is 5.75 Å². The Hall–Kier alpha value is -0.870. The topological polar surface area (TPSA) is 38.3 Å². The second kappa shape index (κ2) is 6.66. The third kappa shape index (κ3) is 3.61. The second-order valence-corrected chi connectivity index (χ2v) is 5.30. The minimum Gasteiger partial charge on any atom is -0.497 e. The van der Waals surface area contributed by atoms with E-state index in [0.29, 0.717) is 11.5 Å². The molecule has 90 valence electrons. The molecule has 0 aliphatic heterocycles. The lowest BCUT2D eigenvalue weighted by Gasteiger charge is -2.16. The number of methoxy groups -OCH3 is 1. The Bertz CT molecular complexity index is 355. The molecule has 2 atom stereocenters. The van der Waals surface area contributed by atoms with E-state index in [1.165, 1.54) is 0 Å². The van der Waals surface area contributed by atoms with Gasteiger partial charge in [-0.05, 0) is 24.7 Å². The predicted molar refractivity (Wildman–Crippen MR) is 68.3 cm³/mol. The van der Waals surface area contributed by atoms with Crippen molar-refractivity contribution in [2.24, 2.45) is 0 Å². The maximum Gasteiger partial charge on any atom is 0.119 e. The van der Waals surface area contributed by atoms with Crippen LogP contribution in [-0.2, 0) is 10.8 Å². The van der Waals surface area contributed by atoms with Gasteiger partial charge in [-0.1, -0.05) is 19.1 Å². The molecular weight excluding hydrogens is 222 g/mol. The van der Waals surface area contributed by atoms with E-state index in [9.17, 15) is 4.21 Å². The van der Waals surface area contributed by atoms with E-state index in [1.807, 2.05) is 38.2 Å². The highest BCUT2D eigenvalue weighted by molar-refractivity contribution is 7.84. The van der Waals surface area contributed by atoms with Crippen molar-refractivity contribution in [3.63, 3.8) is 0 Å². The molecule has 0 saturated heterocycles. The fourth-order valence-electron chi connectivity index (χ4n) is 1.51. The first kappa shape index (κ1) is 13.2. The van der Waals surface area contributed by atoms with Gasteiger partial charge in [0.1, 0.15) is 5.75 Å². The number of rotatable bonds is 6. The molecule has 0 amide bonds. The van der Waals surface area contributed by atoms with E-state index in [2.05, 4.69) is 5.32 Å². The van der Waals surface area contributed by atoms with Crippen molar-refractivity contribution in [3.8, 4) is 5.75 Å². The van der Waals surface area contributed by atoms with Gasteiger partial charge < -0.3 is 10.1 Å². The third-order valence-electron chi connectivity index (χ3n) is 2.52. The summed E-state index contributed by atoms with van der Waals surface area (Å²) in [5.41, 5.74) is 1.11. The lowest BCUT2D eigenvalue weighted by atomic mass is 10.1. The Kier molecular flexibility index (Phi) is 5.49. The van der Waals surface area contributed by atoms with Gasteiger partial charge in [0.25, 0.3) is 0 Å². The van der Waals surface area contributed by atoms with Crippen LogP contribution in [0.4, 0.5) is 0 Å². The quantitative estimate of drug-likeness (QED) is 0.824. The Morgan fingerprint density at radius 3 is 2.81 bits per heavy atom. The van der Waals surface area contributed by atoms with E-state index in [1.54, 1.807) is 7.11 Å². The van der Waals surface area contributed by atoms with Crippen molar-refractivity contribution in [2.75, 3.05) is 25.7 Å². The summed E-state index contributed by atoms with van der Waals surface area (Å²) in [7, 11) is 2.77. The number of hydrogen-bond donors (Lipinski definition) is 1. The number of nitrogens with one attached hydrogen (secondary N) is 1. The molecule has 1 N–H and O–H groups in total. The van der Waals surface area contributed by atoms with E-state index in [0.717, 1.165) is 11.3 Å². The lowest BCUT2D eigenvalue weighted by Crippen LogP contribution is -2.23. The maximum absolute atomic E-state index is 11.5. The molecule has 2 unspecified atom stereocenters. The van der Waals surface area contributed by atoms with Crippen molar-refractivity contribution >= 4 is 10.8 Å². The average molecular weight is 241 g/mol. The molecule has 4 heteroatoms. The summed E-state index contributed by atoms with van der Waals surface area (Å²) in [6.07, 6.45) is 0. The first-order valence-corrected chi connectivity index (χ1v) is 6.86. The van der Waals surface area contributed by atoms with Gasteiger partial charge in [-0.15, -0.1) is 0 Å². The zero-order chi connectivity index (χ0) is 12.0. The molecule has 0 aromatic heterocycles. The third-order valence-corrected chi connectivity index (χ3v) is 3.87. The minimum atomic E-state index is -0.769. The van der Waals surface area contributed by atoms with Crippen molar-refractivity contribution < 1.29 is 8.95 Å². The molecule has 16 heavy (non-hydrogen) atoms. The molecule has 1 aromatic carbocycles. The van der Waals surface area contributed by atoms with Gasteiger partial charge in [0.05, 0.1) is 7.11 Å². The first-order valence-electron chi connectivity index (χ1n) is 5.37. The summed E-state index contributed by atoms with van der Waals surface area (Å²) >= 11 is 0. The van der Waals surface area contributed by atoms with Crippen LogP contribution in [0.15, 0.2) is 24.3 Å². The summed E-state index contributed by atoms with van der Waals surface area (Å²) in [6.45, 7) is 1.94. The Balaban J connectivity index is 2.81. The van der Waals surface area contributed by atoms with Crippen LogP contribution < -0.4 is 10.1 Å². The summed E-state index contributed by atoms with van der Waals surface area (Å²) in [5.74, 6) is 2.17. The van der Waals surface area contributed by atoms with Crippen molar-refractivity contribution in [1.82, 2.24) is 5.32 Å².